The average Bonchev–Trinajstić information content (AvgIpc) is 3.13. The van der Waals surface area contributed by atoms with E-state index >= 15 is 0 Å². The van der Waals surface area contributed by atoms with Gasteiger partial charge in [0.25, 0.3) is 0 Å². The molecule has 3 rings (SSSR count). The highest BCUT2D eigenvalue weighted by atomic mass is 32.2. The summed E-state index contributed by atoms with van der Waals surface area (Å²) in [5.41, 5.74) is 3.03. The van der Waals surface area contributed by atoms with Gasteiger partial charge in [-0.15, -0.1) is 4.40 Å². The third kappa shape index (κ3) is 5.76. The number of aromatic nitrogens is 2. The van der Waals surface area contributed by atoms with Crippen molar-refractivity contribution in [3.05, 3.63) is 41.7 Å². The van der Waals surface area contributed by atoms with Crippen molar-refractivity contribution in [3.8, 4) is 0 Å². The lowest BCUT2D eigenvalue weighted by atomic mass is 9.99. The molecular formula is C21H30N5O4S-. The first-order valence-corrected chi connectivity index (χ1v) is 11.9. The minimum atomic E-state index is -4.29. The summed E-state index contributed by atoms with van der Waals surface area (Å²) in [6, 6.07) is 4.49. The summed E-state index contributed by atoms with van der Waals surface area (Å²) in [7, 11) is -2.58. The predicted octanol–water partition coefficient (Wildman–Crippen LogP) is 2.16. The Balaban J connectivity index is 1.90. The van der Waals surface area contributed by atoms with Crippen molar-refractivity contribution in [1.29, 1.82) is 0 Å². The van der Waals surface area contributed by atoms with Gasteiger partial charge in [-0.1, -0.05) is 26.8 Å². The van der Waals surface area contributed by atoms with Crippen LogP contribution in [-0.2, 0) is 28.4 Å². The Morgan fingerprint density at radius 1 is 1.35 bits per heavy atom. The number of hydrogen-bond donors (Lipinski definition) is 1. The fourth-order valence-electron chi connectivity index (χ4n) is 3.60. The molecule has 0 spiro atoms. The lowest BCUT2D eigenvalue weighted by Gasteiger charge is -2.33. The Morgan fingerprint density at radius 3 is 2.65 bits per heavy atom. The highest BCUT2D eigenvalue weighted by Gasteiger charge is 2.32. The second kappa shape index (κ2) is 9.69. The van der Waals surface area contributed by atoms with Gasteiger partial charge in [0, 0.05) is 32.1 Å². The average molecular weight is 449 g/mol. The fourth-order valence-corrected chi connectivity index (χ4v) is 4.89. The topological polar surface area (TPSA) is 112 Å². The van der Waals surface area contributed by atoms with Crippen LogP contribution >= 0.6 is 0 Å². The van der Waals surface area contributed by atoms with Crippen LogP contribution in [0.25, 0.3) is 0 Å². The zero-order chi connectivity index (χ0) is 22.6. The van der Waals surface area contributed by atoms with Gasteiger partial charge in [-0.2, -0.15) is 13.5 Å². The van der Waals surface area contributed by atoms with Gasteiger partial charge in [-0.3, -0.25) is 4.68 Å². The quantitative estimate of drug-likeness (QED) is 0.513. The first-order chi connectivity index (χ1) is 14.7. The molecule has 2 aromatic rings. The fraction of sp³-hybridized carbons (Fsp3) is 0.524. The molecule has 1 aliphatic heterocycles. The van der Waals surface area contributed by atoms with Gasteiger partial charge in [0.15, 0.2) is 0 Å². The van der Waals surface area contributed by atoms with Crippen LogP contribution in [0.4, 0.5) is 11.4 Å². The number of aryl methyl sites for hydroxylation is 2. The summed E-state index contributed by atoms with van der Waals surface area (Å²) in [6.07, 6.45) is 4.89. The minimum Gasteiger partial charge on any atom is -0.845 e. The highest BCUT2D eigenvalue weighted by Crippen LogP contribution is 2.27. The van der Waals surface area contributed by atoms with E-state index in [2.05, 4.69) is 34.7 Å². The minimum absolute atomic E-state index is 0.275. The molecule has 1 aromatic carbocycles. The number of benzene rings is 1. The molecule has 10 heteroatoms. The SMILES string of the molecule is CCc1cc(N/C([O-])=N/S(=O)(=O)N(c2cnn(C)c2)C2CCOCC2)cc(C(C)C)c1. The van der Waals surface area contributed by atoms with E-state index in [1.807, 2.05) is 19.1 Å². The van der Waals surface area contributed by atoms with Crippen LogP contribution in [0.3, 0.4) is 0 Å². The Kier molecular flexibility index (Phi) is 7.22. The molecule has 0 amide bonds. The Hall–Kier alpha value is -2.59. The molecule has 0 saturated carbocycles. The van der Waals surface area contributed by atoms with Gasteiger partial charge in [-0.05, 0) is 48.4 Å². The van der Waals surface area contributed by atoms with E-state index in [0.29, 0.717) is 37.4 Å². The van der Waals surface area contributed by atoms with Crippen LogP contribution in [0, 0.1) is 0 Å². The monoisotopic (exact) mass is 448 g/mol. The number of amidine groups is 1. The van der Waals surface area contributed by atoms with E-state index in [1.54, 1.807) is 13.2 Å². The Morgan fingerprint density at radius 2 is 2.06 bits per heavy atom. The van der Waals surface area contributed by atoms with Crippen molar-refractivity contribution >= 4 is 27.6 Å². The largest absolute Gasteiger partial charge is 0.845 e. The molecule has 0 bridgehead atoms. The summed E-state index contributed by atoms with van der Waals surface area (Å²) >= 11 is 0. The van der Waals surface area contributed by atoms with Crippen LogP contribution in [0.15, 0.2) is 35.0 Å². The molecule has 1 aliphatic rings. The van der Waals surface area contributed by atoms with Crippen molar-refractivity contribution in [2.75, 3.05) is 22.8 Å². The first-order valence-electron chi connectivity index (χ1n) is 10.5. The van der Waals surface area contributed by atoms with E-state index in [-0.39, 0.29) is 12.0 Å². The molecule has 1 aromatic heterocycles. The smallest absolute Gasteiger partial charge is 0.345 e. The predicted molar refractivity (Wildman–Crippen MR) is 119 cm³/mol. The van der Waals surface area contributed by atoms with Gasteiger partial charge < -0.3 is 15.2 Å². The van der Waals surface area contributed by atoms with Crippen LogP contribution in [0.1, 0.15) is 50.7 Å². The highest BCUT2D eigenvalue weighted by molar-refractivity contribution is 7.91. The normalized spacial score (nSPS) is 16.0. The number of anilines is 2. The van der Waals surface area contributed by atoms with E-state index < -0.39 is 16.2 Å². The molecule has 0 aliphatic carbocycles. The zero-order valence-corrected chi connectivity index (χ0v) is 19.2. The van der Waals surface area contributed by atoms with E-state index in [1.165, 1.54) is 15.2 Å². The summed E-state index contributed by atoms with van der Waals surface area (Å²) in [6.45, 7) is 7.05. The first kappa shape index (κ1) is 23.1. The van der Waals surface area contributed by atoms with E-state index in [0.717, 1.165) is 17.5 Å². The molecule has 1 fully saturated rings. The third-order valence-corrected chi connectivity index (χ3v) is 6.66. The second-order valence-electron chi connectivity index (χ2n) is 7.98. The molecule has 0 unspecified atom stereocenters. The molecule has 0 atom stereocenters. The molecule has 9 nitrogen and oxygen atoms in total. The molecular weight excluding hydrogens is 418 g/mol. The van der Waals surface area contributed by atoms with Gasteiger partial charge >= 0.3 is 10.2 Å². The Labute approximate surface area is 183 Å². The van der Waals surface area contributed by atoms with Crippen molar-refractivity contribution in [2.45, 2.75) is 52.0 Å². The molecule has 2 heterocycles. The van der Waals surface area contributed by atoms with Crippen molar-refractivity contribution in [1.82, 2.24) is 9.78 Å². The number of ether oxygens (including phenoxy) is 1. The summed E-state index contributed by atoms with van der Waals surface area (Å²) in [5.74, 6) is 0.275. The van der Waals surface area contributed by atoms with Gasteiger partial charge in [0.2, 0.25) is 0 Å². The standard InChI is InChI=1S/C21H31N5O4S/c1-5-16-10-17(15(2)3)12-18(11-16)23-21(27)24-31(28,29)26(19-6-8-30-9-7-19)20-13-22-25(4)14-20/h10-15,19H,5-9H2,1-4H3,(H2,23,24,27)/p-1. The summed E-state index contributed by atoms with van der Waals surface area (Å²) < 4.78 is 37.9. The number of nitrogens with one attached hydrogen (secondary N) is 1. The van der Waals surface area contributed by atoms with Crippen molar-refractivity contribution < 1.29 is 18.3 Å². The lowest BCUT2D eigenvalue weighted by Crippen LogP contribution is -2.44. The van der Waals surface area contributed by atoms with E-state index in [9.17, 15) is 13.5 Å². The number of rotatable bonds is 7. The molecule has 1 N–H and O–H groups in total. The third-order valence-electron chi connectivity index (χ3n) is 5.26. The van der Waals surface area contributed by atoms with Crippen LogP contribution in [-0.4, -0.2) is 43.5 Å². The molecule has 0 radical (unpaired) electrons. The van der Waals surface area contributed by atoms with Gasteiger partial charge in [-0.25, -0.2) is 4.31 Å². The zero-order valence-electron chi connectivity index (χ0n) is 18.4. The maximum Gasteiger partial charge on any atom is 0.345 e. The van der Waals surface area contributed by atoms with Crippen molar-refractivity contribution in [2.24, 2.45) is 11.4 Å². The molecule has 1 saturated heterocycles. The summed E-state index contributed by atoms with van der Waals surface area (Å²) in [4.78, 5) is 0. The second-order valence-corrected chi connectivity index (χ2v) is 9.45. The number of nitrogens with zero attached hydrogens (tertiary/aromatic N) is 4. The maximum atomic E-state index is 13.2. The van der Waals surface area contributed by atoms with Gasteiger partial charge in [0.05, 0.1) is 23.9 Å². The molecule has 31 heavy (non-hydrogen) atoms. The maximum absolute atomic E-state index is 13.2. The summed E-state index contributed by atoms with van der Waals surface area (Å²) in [5, 5.41) is 19.3. The number of hydrogen-bond acceptors (Lipinski definition) is 5. The Bertz CT molecular complexity index is 1030. The van der Waals surface area contributed by atoms with Crippen LogP contribution in [0.5, 0.6) is 0 Å². The van der Waals surface area contributed by atoms with E-state index in [4.69, 9.17) is 4.74 Å². The van der Waals surface area contributed by atoms with Gasteiger partial charge in [0.1, 0.15) is 0 Å². The van der Waals surface area contributed by atoms with Crippen molar-refractivity contribution in [3.63, 3.8) is 0 Å². The van der Waals surface area contributed by atoms with Crippen LogP contribution < -0.4 is 14.7 Å². The van der Waals surface area contributed by atoms with Crippen LogP contribution in [0.2, 0.25) is 0 Å². The lowest BCUT2D eigenvalue weighted by molar-refractivity contribution is -0.213. The molecule has 170 valence electrons.